The van der Waals surface area contributed by atoms with Crippen LogP contribution in [-0.4, -0.2) is 62.3 Å². The van der Waals surface area contributed by atoms with Gasteiger partial charge in [0.15, 0.2) is 0 Å². The summed E-state index contributed by atoms with van der Waals surface area (Å²) in [6.45, 7) is 2.31. The van der Waals surface area contributed by atoms with Gasteiger partial charge >= 0.3 is 0 Å². The van der Waals surface area contributed by atoms with Crippen molar-refractivity contribution in [3.8, 4) is 0 Å². The van der Waals surface area contributed by atoms with Gasteiger partial charge in [-0.1, -0.05) is 12.5 Å². The molecule has 0 spiro atoms. The third-order valence-corrected chi connectivity index (χ3v) is 7.50. The summed E-state index contributed by atoms with van der Waals surface area (Å²) in [6.07, 6.45) is 3.02. The van der Waals surface area contributed by atoms with Crippen molar-refractivity contribution in [3.63, 3.8) is 0 Å². The van der Waals surface area contributed by atoms with Crippen molar-refractivity contribution >= 4 is 51.1 Å². The zero-order chi connectivity index (χ0) is 18.1. The number of nitrogens with one attached hydrogen (secondary N) is 1. The number of carbonyl (C=O) groups is 1. The highest BCUT2D eigenvalue weighted by atomic mass is 35.5. The molecule has 3 aliphatic heterocycles. The molecule has 1 amide bonds. The Morgan fingerprint density at radius 2 is 1.93 bits per heavy atom. The van der Waals surface area contributed by atoms with Gasteiger partial charge in [-0.25, -0.2) is 8.42 Å². The Kier molecular flexibility index (Phi) is 6.32. The van der Waals surface area contributed by atoms with Crippen LogP contribution in [0.1, 0.15) is 19.3 Å². The van der Waals surface area contributed by atoms with Gasteiger partial charge in [-0.05, 0) is 31.5 Å². The average Bonchev–Trinajstić information content (AvgIpc) is 3.17. The van der Waals surface area contributed by atoms with Gasteiger partial charge in [0.2, 0.25) is 15.9 Å². The normalized spacial score (nSPS) is 22.7. The second-order valence-electron chi connectivity index (χ2n) is 6.62. The molecule has 8 nitrogen and oxygen atoms in total. The van der Waals surface area contributed by atoms with Crippen molar-refractivity contribution in [1.29, 1.82) is 0 Å². The van der Waals surface area contributed by atoms with Crippen LogP contribution in [-0.2, 0) is 26.2 Å². The maximum absolute atomic E-state index is 13.0. The summed E-state index contributed by atoms with van der Waals surface area (Å²) in [5, 5.41) is 3.26. The number of nitrogens with zero attached hydrogens (tertiary/aromatic N) is 4. The molecule has 1 aromatic carbocycles. The van der Waals surface area contributed by atoms with E-state index >= 15 is 0 Å². The summed E-state index contributed by atoms with van der Waals surface area (Å²) in [4.78, 5) is 14.6. The van der Waals surface area contributed by atoms with Crippen LogP contribution < -0.4 is 5.32 Å². The number of piperidine rings is 1. The zero-order valence-corrected chi connectivity index (χ0v) is 17.2. The summed E-state index contributed by atoms with van der Waals surface area (Å²) in [7, 11) is -3.65. The minimum absolute atomic E-state index is 0. The number of hydrogen-bond acceptors (Lipinski definition) is 6. The van der Waals surface area contributed by atoms with Gasteiger partial charge in [0.1, 0.15) is 16.3 Å². The van der Waals surface area contributed by atoms with Gasteiger partial charge in [0, 0.05) is 26.2 Å². The predicted octanol–water partition coefficient (Wildman–Crippen LogP) is 1.81. The smallest absolute Gasteiger partial charge is 0.245 e. The minimum Gasteiger partial charge on any atom is -0.339 e. The lowest BCUT2D eigenvalue weighted by molar-refractivity contribution is -0.135. The summed E-state index contributed by atoms with van der Waals surface area (Å²) in [5.74, 6) is 0.0903. The maximum atomic E-state index is 13.0. The molecule has 1 unspecified atom stereocenters. The molecule has 1 atom stereocenters. The van der Waals surface area contributed by atoms with Crippen LogP contribution in [0, 0.1) is 0 Å². The SMILES string of the molecule is Cl.O=C(C1CCCCN1)N1CCN(S(=O)(=O)c2cccc3c2N=S=N3)CC1. The first-order valence-corrected chi connectivity index (χ1v) is 11.0. The number of rotatable bonds is 3. The molecule has 0 aliphatic carbocycles. The van der Waals surface area contributed by atoms with Gasteiger partial charge in [-0.2, -0.15) is 13.0 Å². The first kappa shape index (κ1) is 20.4. The number of amides is 1. The number of hydrogen-bond donors (Lipinski definition) is 1. The number of sulfonamides is 1. The molecular formula is C16H22ClN5O3S2. The fourth-order valence-corrected chi connectivity index (χ4v) is 5.74. The summed E-state index contributed by atoms with van der Waals surface area (Å²) >= 11 is 1.01. The third kappa shape index (κ3) is 3.95. The van der Waals surface area contributed by atoms with E-state index in [4.69, 9.17) is 0 Å². The van der Waals surface area contributed by atoms with Crippen LogP contribution in [0.3, 0.4) is 0 Å². The van der Waals surface area contributed by atoms with Crippen LogP contribution >= 0.6 is 12.4 Å². The molecule has 0 bridgehead atoms. The molecule has 3 aliphatic rings. The molecule has 0 radical (unpaired) electrons. The first-order chi connectivity index (χ1) is 12.6. The lowest BCUT2D eigenvalue weighted by atomic mass is 10.0. The van der Waals surface area contributed by atoms with Gasteiger partial charge in [0.05, 0.1) is 17.4 Å². The third-order valence-electron chi connectivity index (χ3n) is 5.03. The summed E-state index contributed by atoms with van der Waals surface area (Å²) < 4.78 is 35.7. The highest BCUT2D eigenvalue weighted by Crippen LogP contribution is 2.38. The largest absolute Gasteiger partial charge is 0.339 e. The van der Waals surface area contributed by atoms with Crippen LogP contribution in [0.25, 0.3) is 0 Å². The zero-order valence-electron chi connectivity index (χ0n) is 14.7. The van der Waals surface area contributed by atoms with E-state index in [1.165, 1.54) is 4.31 Å². The van der Waals surface area contributed by atoms with E-state index < -0.39 is 10.0 Å². The highest BCUT2D eigenvalue weighted by Gasteiger charge is 2.34. The van der Waals surface area contributed by atoms with Gasteiger partial charge in [-0.3, -0.25) is 4.79 Å². The van der Waals surface area contributed by atoms with E-state index in [2.05, 4.69) is 14.0 Å². The standard InChI is InChI=1S/C16H21N5O3S2.ClH/c22-16(13-4-1-2-7-17-13)20-8-10-21(11-9-20)26(23,24)14-6-3-5-12-15(14)19-25-18-12;/h3,5-6,13,17H,1-2,4,7-11H2;1H. The van der Waals surface area contributed by atoms with Crippen molar-refractivity contribution in [2.24, 2.45) is 8.73 Å². The van der Waals surface area contributed by atoms with E-state index in [0.29, 0.717) is 37.6 Å². The Morgan fingerprint density at radius 1 is 1.15 bits per heavy atom. The maximum Gasteiger partial charge on any atom is 0.245 e. The van der Waals surface area contributed by atoms with Crippen LogP contribution in [0.15, 0.2) is 31.8 Å². The highest BCUT2D eigenvalue weighted by molar-refractivity contribution is 7.89. The minimum atomic E-state index is -3.65. The van der Waals surface area contributed by atoms with E-state index in [-0.39, 0.29) is 29.3 Å². The van der Waals surface area contributed by atoms with Crippen molar-refractivity contribution < 1.29 is 13.2 Å². The molecule has 27 heavy (non-hydrogen) atoms. The molecule has 0 aromatic heterocycles. The molecule has 4 rings (SSSR count). The van der Waals surface area contributed by atoms with Gasteiger partial charge in [-0.15, -0.1) is 12.4 Å². The van der Waals surface area contributed by atoms with Gasteiger partial charge < -0.3 is 10.2 Å². The number of fused-ring (bicyclic) bond motifs is 1. The lowest BCUT2D eigenvalue weighted by Gasteiger charge is -2.36. The van der Waals surface area contributed by atoms with E-state index in [1.54, 1.807) is 23.1 Å². The predicted molar refractivity (Wildman–Crippen MR) is 106 cm³/mol. The number of halogens is 1. The molecule has 148 valence electrons. The van der Waals surface area contributed by atoms with Crippen LogP contribution in [0.2, 0.25) is 0 Å². The number of piperazine rings is 1. The van der Waals surface area contributed by atoms with Crippen molar-refractivity contribution in [2.75, 3.05) is 32.7 Å². The Bertz CT molecular complexity index is 887. The van der Waals surface area contributed by atoms with E-state index in [9.17, 15) is 13.2 Å². The van der Waals surface area contributed by atoms with E-state index in [0.717, 1.165) is 37.2 Å². The van der Waals surface area contributed by atoms with Crippen molar-refractivity contribution in [3.05, 3.63) is 18.2 Å². The molecule has 2 fully saturated rings. The van der Waals surface area contributed by atoms with Crippen LogP contribution in [0.5, 0.6) is 0 Å². The molecule has 0 saturated carbocycles. The molecule has 3 heterocycles. The monoisotopic (exact) mass is 431 g/mol. The lowest BCUT2D eigenvalue weighted by Crippen LogP contribution is -2.55. The average molecular weight is 432 g/mol. The number of benzene rings is 1. The van der Waals surface area contributed by atoms with Gasteiger partial charge in [0.25, 0.3) is 0 Å². The molecule has 1 aromatic rings. The molecule has 11 heteroatoms. The van der Waals surface area contributed by atoms with E-state index in [1.807, 2.05) is 0 Å². The Hall–Kier alpha value is -1.33. The molecular weight excluding hydrogens is 410 g/mol. The fourth-order valence-electron chi connectivity index (χ4n) is 3.56. The van der Waals surface area contributed by atoms with Crippen LogP contribution in [0.4, 0.5) is 11.4 Å². The Morgan fingerprint density at radius 3 is 2.63 bits per heavy atom. The first-order valence-electron chi connectivity index (χ1n) is 8.81. The second-order valence-corrected chi connectivity index (χ2v) is 9.05. The molecule has 2 saturated heterocycles. The Labute approximate surface area is 168 Å². The summed E-state index contributed by atoms with van der Waals surface area (Å²) in [5.41, 5.74) is 1.01. The Balaban J connectivity index is 0.00000210. The second kappa shape index (κ2) is 8.36. The van der Waals surface area contributed by atoms with Crippen molar-refractivity contribution in [1.82, 2.24) is 14.5 Å². The summed E-state index contributed by atoms with van der Waals surface area (Å²) in [6, 6.07) is 4.89. The number of carbonyl (C=O) groups excluding carboxylic acids is 1. The fraction of sp³-hybridized carbons (Fsp3) is 0.562. The topological polar surface area (TPSA) is 94.4 Å². The molecule has 1 N–H and O–H groups in total. The quantitative estimate of drug-likeness (QED) is 0.801. The van der Waals surface area contributed by atoms with Crippen molar-refractivity contribution in [2.45, 2.75) is 30.2 Å².